The van der Waals surface area contributed by atoms with Crippen molar-refractivity contribution in [3.8, 4) is 0 Å². The van der Waals surface area contributed by atoms with E-state index in [2.05, 4.69) is 53.8 Å². The Morgan fingerprint density at radius 3 is 1.74 bits per heavy atom. The fourth-order valence-electron chi connectivity index (χ4n) is 1.15. The van der Waals surface area contributed by atoms with Gasteiger partial charge in [-0.25, -0.2) is 0 Å². The van der Waals surface area contributed by atoms with Gasteiger partial charge >= 0.3 is 0 Å². The minimum Gasteiger partial charge on any atom is -0.370 e. The third-order valence-corrected chi connectivity index (χ3v) is 3.26. The second kappa shape index (κ2) is 12.6. The molecule has 0 aromatic carbocycles. The van der Waals surface area contributed by atoms with Crippen LogP contribution in [0.5, 0.6) is 0 Å². The summed E-state index contributed by atoms with van der Waals surface area (Å²) < 4.78 is 1.40. The van der Waals surface area contributed by atoms with E-state index in [0.29, 0.717) is 19.5 Å². The maximum atomic E-state index is 4.95. The Labute approximate surface area is 147 Å². The molecule has 0 aliphatic carbocycles. The standard InChI is InChI=1S/C9H18N4S6/c14-7(15)12-4-3-10-1-2-11-5-6-13(8(16)17)9(18)19/h10-11H,1-6H2,(H,16,17)(H,18,19)(H2,12,14,15). The molecule has 0 saturated heterocycles. The third kappa shape index (κ3) is 12.3. The van der Waals surface area contributed by atoms with Crippen LogP contribution in [0, 0.1) is 0 Å². The summed E-state index contributed by atoms with van der Waals surface area (Å²) in [7, 11) is 0. The summed E-state index contributed by atoms with van der Waals surface area (Å²) in [5.74, 6) is 0. The molecule has 0 radical (unpaired) electrons. The molecule has 19 heavy (non-hydrogen) atoms. The Hall–Kier alpha value is 0.840. The lowest BCUT2D eigenvalue weighted by Gasteiger charge is -2.20. The van der Waals surface area contributed by atoms with E-state index >= 15 is 0 Å². The van der Waals surface area contributed by atoms with Crippen LogP contribution in [0.4, 0.5) is 0 Å². The highest BCUT2D eigenvalue weighted by Gasteiger charge is 2.07. The highest BCUT2D eigenvalue weighted by Crippen LogP contribution is 2.01. The first-order valence-corrected chi connectivity index (χ1v) is 8.13. The molecular formula is C9H18N4S6. The molecule has 0 heterocycles. The summed E-state index contributed by atoms with van der Waals surface area (Å²) >= 11 is 26.8. The second-order valence-corrected chi connectivity index (χ2v) is 6.83. The summed E-state index contributed by atoms with van der Waals surface area (Å²) in [5.41, 5.74) is 0. The summed E-state index contributed by atoms with van der Waals surface area (Å²) in [6.07, 6.45) is 0. The van der Waals surface area contributed by atoms with Crippen molar-refractivity contribution < 1.29 is 0 Å². The maximum Gasteiger partial charge on any atom is 0.138 e. The van der Waals surface area contributed by atoms with Gasteiger partial charge in [-0.1, -0.05) is 36.7 Å². The topological polar surface area (TPSA) is 39.3 Å². The van der Waals surface area contributed by atoms with Crippen molar-refractivity contribution in [2.45, 2.75) is 0 Å². The van der Waals surface area contributed by atoms with Crippen LogP contribution < -0.4 is 16.0 Å². The zero-order valence-corrected chi connectivity index (χ0v) is 15.4. The van der Waals surface area contributed by atoms with Gasteiger partial charge in [0, 0.05) is 39.3 Å². The number of hydrogen-bond donors (Lipinski definition) is 6. The molecule has 0 rings (SSSR count). The smallest absolute Gasteiger partial charge is 0.138 e. The molecule has 10 heteroatoms. The molecule has 110 valence electrons. The average Bonchev–Trinajstić information content (AvgIpc) is 2.30. The van der Waals surface area contributed by atoms with Crippen LogP contribution >= 0.6 is 74.5 Å². The van der Waals surface area contributed by atoms with E-state index in [4.69, 9.17) is 36.7 Å². The summed E-state index contributed by atoms with van der Waals surface area (Å²) in [4.78, 5) is 1.69. The summed E-state index contributed by atoms with van der Waals surface area (Å²) in [5, 5.41) is 9.48. The molecule has 0 saturated carbocycles. The number of nitrogens with zero attached hydrogens (tertiary/aromatic N) is 1. The largest absolute Gasteiger partial charge is 0.370 e. The molecule has 3 N–H and O–H groups in total. The molecule has 4 nitrogen and oxygen atoms in total. The minimum absolute atomic E-state index is 0.439. The number of nitrogens with one attached hydrogen (secondary N) is 3. The molecular weight excluding hydrogens is 357 g/mol. The van der Waals surface area contributed by atoms with E-state index in [9.17, 15) is 0 Å². The first kappa shape index (κ1) is 19.8. The highest BCUT2D eigenvalue weighted by atomic mass is 32.1. The van der Waals surface area contributed by atoms with Gasteiger partial charge in [0.25, 0.3) is 0 Å². The van der Waals surface area contributed by atoms with E-state index in [1.54, 1.807) is 4.90 Å². The lowest BCUT2D eigenvalue weighted by atomic mass is 10.5. The van der Waals surface area contributed by atoms with Gasteiger partial charge in [-0.2, -0.15) is 0 Å². The first-order chi connectivity index (χ1) is 8.95. The molecule has 0 aliphatic heterocycles. The van der Waals surface area contributed by atoms with Gasteiger partial charge < -0.3 is 20.9 Å². The molecule has 0 aromatic rings. The Kier molecular flexibility index (Phi) is 13.1. The van der Waals surface area contributed by atoms with Crippen molar-refractivity contribution >= 4 is 87.5 Å². The summed E-state index contributed by atoms with van der Waals surface area (Å²) in [6, 6.07) is 0. The second-order valence-electron chi connectivity index (χ2n) is 3.45. The van der Waals surface area contributed by atoms with Crippen LogP contribution in [0.15, 0.2) is 0 Å². The van der Waals surface area contributed by atoms with Gasteiger partial charge in [0.05, 0.1) is 0 Å². The highest BCUT2D eigenvalue weighted by molar-refractivity contribution is 8.13. The molecule has 0 unspecified atom stereocenters. The van der Waals surface area contributed by atoms with E-state index in [1.165, 1.54) is 0 Å². The number of hydrogen-bond acceptors (Lipinski definition) is 5. The molecule has 0 aliphatic rings. The van der Waals surface area contributed by atoms with Crippen LogP contribution in [-0.4, -0.2) is 57.1 Å². The van der Waals surface area contributed by atoms with Gasteiger partial charge in [-0.3, -0.25) is 0 Å². The minimum atomic E-state index is 0.439. The number of thiol groups is 3. The quantitative estimate of drug-likeness (QED) is 0.202. The number of rotatable bonds is 9. The molecule has 0 aromatic heterocycles. The summed E-state index contributed by atoms with van der Waals surface area (Å²) in [6.45, 7) is 4.78. The van der Waals surface area contributed by atoms with E-state index in [-0.39, 0.29) is 0 Å². The van der Waals surface area contributed by atoms with E-state index in [1.807, 2.05) is 0 Å². The normalized spacial score (nSPS) is 10.1. The van der Waals surface area contributed by atoms with Gasteiger partial charge in [-0.15, -0.1) is 37.9 Å². The SMILES string of the molecule is S=C(S)NCCNCCNCCN(C(=S)S)C(=S)S. The van der Waals surface area contributed by atoms with Crippen molar-refractivity contribution in [3.05, 3.63) is 0 Å². The maximum absolute atomic E-state index is 4.95. The van der Waals surface area contributed by atoms with Gasteiger partial charge in [0.15, 0.2) is 0 Å². The van der Waals surface area contributed by atoms with Gasteiger partial charge in [-0.05, 0) is 0 Å². The monoisotopic (exact) mass is 374 g/mol. The molecule has 0 atom stereocenters. The van der Waals surface area contributed by atoms with E-state index in [0.717, 1.165) is 32.7 Å². The van der Waals surface area contributed by atoms with Crippen LogP contribution in [0.3, 0.4) is 0 Å². The van der Waals surface area contributed by atoms with Crippen molar-refractivity contribution in [1.82, 2.24) is 20.9 Å². The van der Waals surface area contributed by atoms with Crippen molar-refractivity contribution in [1.29, 1.82) is 0 Å². The number of thiocarbonyl (C=S) groups is 3. The van der Waals surface area contributed by atoms with Crippen LogP contribution in [-0.2, 0) is 0 Å². The molecule has 0 spiro atoms. The zero-order valence-electron chi connectivity index (χ0n) is 10.3. The fourth-order valence-corrected chi connectivity index (χ4v) is 2.40. The van der Waals surface area contributed by atoms with Crippen molar-refractivity contribution in [3.63, 3.8) is 0 Å². The van der Waals surface area contributed by atoms with Crippen LogP contribution in [0.2, 0.25) is 0 Å². The first-order valence-electron chi connectivity index (χ1n) is 5.56. The Morgan fingerprint density at radius 2 is 1.26 bits per heavy atom. The lowest BCUT2D eigenvalue weighted by molar-refractivity contribution is 0.557. The predicted molar refractivity (Wildman–Crippen MR) is 105 cm³/mol. The van der Waals surface area contributed by atoms with Gasteiger partial charge in [0.2, 0.25) is 0 Å². The Morgan fingerprint density at radius 1 is 0.789 bits per heavy atom. The predicted octanol–water partition coefficient (Wildman–Crippen LogP) is 0.701. The zero-order chi connectivity index (χ0) is 14.7. The van der Waals surface area contributed by atoms with Crippen LogP contribution in [0.1, 0.15) is 0 Å². The van der Waals surface area contributed by atoms with Crippen LogP contribution in [0.25, 0.3) is 0 Å². The van der Waals surface area contributed by atoms with Crippen molar-refractivity contribution in [2.75, 3.05) is 39.3 Å². The Balaban J connectivity index is 3.42. The average molecular weight is 375 g/mol. The Bertz CT molecular complexity index is 297. The molecule has 0 amide bonds. The van der Waals surface area contributed by atoms with E-state index < -0.39 is 0 Å². The lowest BCUT2D eigenvalue weighted by Crippen LogP contribution is -2.38. The fraction of sp³-hybridized carbons (Fsp3) is 0.667. The molecule has 0 bridgehead atoms. The van der Waals surface area contributed by atoms with Gasteiger partial charge in [0.1, 0.15) is 13.0 Å². The van der Waals surface area contributed by atoms with Crippen molar-refractivity contribution in [2.24, 2.45) is 0 Å². The third-order valence-electron chi connectivity index (χ3n) is 2.03. The molecule has 0 fully saturated rings.